The van der Waals surface area contributed by atoms with Gasteiger partial charge in [-0.25, -0.2) is 0 Å². The van der Waals surface area contributed by atoms with Gasteiger partial charge in [-0.3, -0.25) is 0 Å². The van der Waals surface area contributed by atoms with Crippen molar-refractivity contribution in [1.29, 1.82) is 5.26 Å². The first kappa shape index (κ1) is 11.3. The summed E-state index contributed by atoms with van der Waals surface area (Å²) in [4.78, 5) is 3.65. The zero-order chi connectivity index (χ0) is 9.23. The van der Waals surface area contributed by atoms with Crippen molar-refractivity contribution in [2.45, 2.75) is 0 Å². The third-order valence-electron chi connectivity index (χ3n) is 0.791. The molecule has 0 fully saturated rings. The Kier molecular flexibility index (Phi) is 7.97. The summed E-state index contributed by atoms with van der Waals surface area (Å²) in [7, 11) is 0. The van der Waals surface area contributed by atoms with Gasteiger partial charge in [0.25, 0.3) is 0 Å². The van der Waals surface area contributed by atoms with Crippen LogP contribution in [0, 0.1) is 11.5 Å². The van der Waals surface area contributed by atoms with E-state index in [0.29, 0.717) is 0 Å². The Balaban J connectivity index is 3.87. The van der Waals surface area contributed by atoms with Crippen LogP contribution in [0.3, 0.4) is 0 Å². The molecule has 0 heterocycles. The number of hydrogen-bond donors (Lipinski definition) is 0. The molecule has 64 valence electrons. The normalized spacial score (nSPS) is 8.25. The van der Waals surface area contributed by atoms with E-state index < -0.39 is 0 Å². The van der Waals surface area contributed by atoms with E-state index in [9.17, 15) is 0 Å². The predicted octanol–water partition coefficient (Wildman–Crippen LogP) is 2.66. The number of nitrogens with zero attached hydrogens (tertiary/aromatic N) is 2. The van der Waals surface area contributed by atoms with Crippen molar-refractivity contribution < 1.29 is 0 Å². The van der Waals surface area contributed by atoms with Gasteiger partial charge in [0.05, 0.1) is 0 Å². The summed E-state index contributed by atoms with van der Waals surface area (Å²) in [6.07, 6.45) is 5.33. The molecular weight excluding hydrogens is 188 g/mol. The van der Waals surface area contributed by atoms with Crippen molar-refractivity contribution in [3.8, 4) is 6.19 Å². The van der Waals surface area contributed by atoms with E-state index >= 15 is 0 Å². The molecule has 2 nitrogen and oxygen atoms in total. The zero-order valence-corrected chi connectivity index (χ0v) is 8.33. The van der Waals surface area contributed by atoms with Crippen LogP contribution in [-0.4, -0.2) is 15.9 Å². The number of nitriles is 1. The van der Waals surface area contributed by atoms with Gasteiger partial charge < -0.3 is 0 Å². The summed E-state index contributed by atoms with van der Waals surface area (Å²) in [6, 6.07) is 0. The monoisotopic (exact) mass is 198 g/mol. The molecule has 0 atom stereocenters. The Morgan fingerprint density at radius 2 is 1.83 bits per heavy atom. The van der Waals surface area contributed by atoms with Crippen LogP contribution in [0.2, 0.25) is 0 Å². The first-order valence-corrected chi connectivity index (χ1v) is 5.26. The number of aliphatic imine (C=N–C) groups is 1. The van der Waals surface area contributed by atoms with Crippen LogP contribution in [0.5, 0.6) is 0 Å². The molecule has 0 bridgehead atoms. The largest absolute Gasteiger partial charge is 0.207 e. The van der Waals surface area contributed by atoms with E-state index in [4.69, 9.17) is 5.26 Å². The molecule has 0 unspecified atom stereocenters. The molecule has 0 radical (unpaired) electrons. The molecule has 0 amide bonds. The van der Waals surface area contributed by atoms with Crippen molar-refractivity contribution in [3.05, 3.63) is 25.3 Å². The van der Waals surface area contributed by atoms with Gasteiger partial charge in [0.1, 0.15) is 4.38 Å². The van der Waals surface area contributed by atoms with E-state index in [0.717, 1.165) is 15.9 Å². The van der Waals surface area contributed by atoms with Gasteiger partial charge in [0.15, 0.2) is 0 Å². The van der Waals surface area contributed by atoms with E-state index in [1.54, 1.807) is 18.3 Å². The van der Waals surface area contributed by atoms with Gasteiger partial charge in [-0.05, 0) is 0 Å². The maximum absolute atomic E-state index is 8.32. The lowest BCUT2D eigenvalue weighted by atomic mass is 10.8. The molecule has 4 heteroatoms. The number of rotatable bonds is 4. The highest BCUT2D eigenvalue weighted by Gasteiger charge is 1.97. The van der Waals surface area contributed by atoms with Crippen LogP contribution in [0.1, 0.15) is 0 Å². The maximum Gasteiger partial charge on any atom is 0.207 e. The SMILES string of the molecule is C=CCSC(=NC#N)SCC=C. The average molecular weight is 198 g/mol. The third-order valence-corrected chi connectivity index (χ3v) is 2.98. The van der Waals surface area contributed by atoms with Crippen molar-refractivity contribution in [1.82, 2.24) is 0 Å². The van der Waals surface area contributed by atoms with E-state index in [1.807, 2.05) is 0 Å². The fraction of sp³-hybridized carbons (Fsp3) is 0.250. The first-order chi connectivity index (χ1) is 5.85. The van der Waals surface area contributed by atoms with Crippen molar-refractivity contribution in [2.75, 3.05) is 11.5 Å². The molecular formula is C8H10N2S2. The number of hydrogen-bond acceptors (Lipinski definition) is 4. The Bertz CT molecular complexity index is 202. The van der Waals surface area contributed by atoms with Gasteiger partial charge in [-0.1, -0.05) is 35.7 Å². The summed E-state index contributed by atoms with van der Waals surface area (Å²) < 4.78 is 0.775. The lowest BCUT2D eigenvalue weighted by Gasteiger charge is -1.97. The molecule has 0 aromatic rings. The molecule has 0 N–H and O–H groups in total. The molecule has 0 spiro atoms. The second-order valence-corrected chi connectivity index (χ2v) is 3.95. The van der Waals surface area contributed by atoms with Gasteiger partial charge in [-0.2, -0.15) is 10.3 Å². The molecule has 0 aliphatic heterocycles. The second-order valence-electron chi connectivity index (χ2n) is 1.68. The minimum atomic E-state index is 0.775. The van der Waals surface area contributed by atoms with Crippen LogP contribution in [0.25, 0.3) is 0 Å². The highest BCUT2D eigenvalue weighted by atomic mass is 32.2. The van der Waals surface area contributed by atoms with Crippen LogP contribution >= 0.6 is 23.5 Å². The van der Waals surface area contributed by atoms with Gasteiger partial charge in [0.2, 0.25) is 6.19 Å². The smallest absolute Gasteiger partial charge is 0.170 e. The van der Waals surface area contributed by atoms with Gasteiger partial charge in [-0.15, -0.1) is 13.2 Å². The fourth-order valence-electron chi connectivity index (χ4n) is 0.407. The molecule has 0 aromatic heterocycles. The standard InChI is InChI=1S/C8H10N2S2/c1-3-5-11-8(10-7-9)12-6-4-2/h3-4H,1-2,5-6H2. The van der Waals surface area contributed by atoms with Crippen molar-refractivity contribution in [2.24, 2.45) is 4.99 Å². The summed E-state index contributed by atoms with van der Waals surface area (Å²) in [5, 5.41) is 8.32. The minimum absolute atomic E-state index is 0.775. The van der Waals surface area contributed by atoms with Crippen LogP contribution in [0.4, 0.5) is 0 Å². The molecule has 0 rings (SSSR count). The Labute approximate surface area is 81.4 Å². The van der Waals surface area contributed by atoms with Crippen molar-refractivity contribution in [3.63, 3.8) is 0 Å². The molecule has 0 aliphatic rings. The van der Waals surface area contributed by atoms with E-state index in [2.05, 4.69) is 18.2 Å². The highest BCUT2D eigenvalue weighted by molar-refractivity contribution is 8.39. The summed E-state index contributed by atoms with van der Waals surface area (Å²) in [5.41, 5.74) is 0. The zero-order valence-electron chi connectivity index (χ0n) is 6.69. The fourth-order valence-corrected chi connectivity index (χ4v) is 1.88. The second kappa shape index (κ2) is 8.44. The molecule has 0 saturated carbocycles. The molecule has 0 aliphatic carbocycles. The molecule has 0 aromatic carbocycles. The van der Waals surface area contributed by atoms with Crippen LogP contribution < -0.4 is 0 Å². The van der Waals surface area contributed by atoms with Gasteiger partial charge >= 0.3 is 0 Å². The van der Waals surface area contributed by atoms with E-state index in [-0.39, 0.29) is 0 Å². The summed E-state index contributed by atoms with van der Waals surface area (Å²) in [6.45, 7) is 7.17. The minimum Gasteiger partial charge on any atom is -0.170 e. The molecule has 0 saturated heterocycles. The number of thioether (sulfide) groups is 2. The predicted molar refractivity (Wildman–Crippen MR) is 58.4 cm³/mol. The first-order valence-electron chi connectivity index (χ1n) is 3.29. The topological polar surface area (TPSA) is 36.1 Å². The third kappa shape index (κ3) is 6.08. The summed E-state index contributed by atoms with van der Waals surface area (Å²) >= 11 is 3.02. The van der Waals surface area contributed by atoms with Crippen molar-refractivity contribution >= 4 is 27.9 Å². The maximum atomic E-state index is 8.32. The quantitative estimate of drug-likeness (QED) is 0.301. The highest BCUT2D eigenvalue weighted by Crippen LogP contribution is 2.16. The Morgan fingerprint density at radius 3 is 2.17 bits per heavy atom. The lowest BCUT2D eigenvalue weighted by molar-refractivity contribution is 1.45. The Morgan fingerprint density at radius 1 is 1.33 bits per heavy atom. The van der Waals surface area contributed by atoms with E-state index in [1.165, 1.54) is 23.5 Å². The molecule has 12 heavy (non-hydrogen) atoms. The van der Waals surface area contributed by atoms with Crippen LogP contribution in [0.15, 0.2) is 30.3 Å². The van der Waals surface area contributed by atoms with Crippen LogP contribution in [-0.2, 0) is 0 Å². The lowest BCUT2D eigenvalue weighted by Crippen LogP contribution is -1.87. The van der Waals surface area contributed by atoms with Gasteiger partial charge in [0, 0.05) is 11.5 Å². The summed E-state index contributed by atoms with van der Waals surface area (Å²) in [5.74, 6) is 1.56. The average Bonchev–Trinajstić information content (AvgIpc) is 2.10. The Hall–Kier alpha value is -0.660.